The Labute approximate surface area is 151 Å². The van der Waals surface area contributed by atoms with Crippen molar-refractivity contribution < 1.29 is 4.79 Å². The fourth-order valence-electron chi connectivity index (χ4n) is 2.93. The van der Waals surface area contributed by atoms with Crippen LogP contribution in [0.5, 0.6) is 0 Å². The van der Waals surface area contributed by atoms with Crippen molar-refractivity contribution in [1.82, 2.24) is 9.88 Å². The summed E-state index contributed by atoms with van der Waals surface area (Å²) >= 11 is 0. The molecule has 0 unspecified atom stereocenters. The smallest absolute Gasteiger partial charge is 0.255 e. The number of benzene rings is 1. The number of rotatable bonds is 6. The lowest BCUT2D eigenvalue weighted by Crippen LogP contribution is -2.42. The lowest BCUT2D eigenvalue weighted by Gasteiger charge is -2.30. The lowest BCUT2D eigenvalue weighted by atomic mass is 10.0. The Morgan fingerprint density at radius 3 is 2.12 bits per heavy atom. The molecule has 1 aromatic carbocycles. The largest absolute Gasteiger partial charge is 0.334 e. The van der Waals surface area contributed by atoms with Gasteiger partial charge in [-0.15, -0.1) is 0 Å². The van der Waals surface area contributed by atoms with Gasteiger partial charge in [-0.05, 0) is 45.4 Å². The van der Waals surface area contributed by atoms with Crippen LogP contribution in [-0.2, 0) is 0 Å². The van der Waals surface area contributed by atoms with Gasteiger partial charge in [-0.3, -0.25) is 9.78 Å². The number of hydrogen-bond donors (Lipinski definition) is 0. The zero-order valence-corrected chi connectivity index (χ0v) is 15.8. The molecule has 3 heteroatoms. The lowest BCUT2D eigenvalue weighted by molar-refractivity contribution is 0.0643. The molecule has 0 bridgehead atoms. The summed E-state index contributed by atoms with van der Waals surface area (Å²) in [5, 5.41) is 0. The standard InChI is InChI=1S/C22H28N2O/c1-16(2)24(17(3)4)22(25)20-13-14-21(23-15-20)18(5)11-12-19-9-7-6-8-10-19/h6-18H,1-5H3/b12-11+/t18-/m1/s1. The summed E-state index contributed by atoms with van der Waals surface area (Å²) in [5.41, 5.74) is 2.78. The minimum atomic E-state index is 0.0385. The van der Waals surface area contributed by atoms with E-state index in [2.05, 4.69) is 36.2 Å². The number of nitrogens with zero attached hydrogens (tertiary/aromatic N) is 2. The van der Waals surface area contributed by atoms with E-state index in [0.717, 1.165) is 5.69 Å². The second-order valence-electron chi connectivity index (χ2n) is 6.93. The fourth-order valence-corrected chi connectivity index (χ4v) is 2.93. The highest BCUT2D eigenvalue weighted by molar-refractivity contribution is 5.94. The summed E-state index contributed by atoms with van der Waals surface area (Å²) in [6.07, 6.45) is 5.93. The van der Waals surface area contributed by atoms with Crippen LogP contribution >= 0.6 is 0 Å². The van der Waals surface area contributed by atoms with E-state index in [1.165, 1.54) is 5.56 Å². The highest BCUT2D eigenvalue weighted by atomic mass is 16.2. The van der Waals surface area contributed by atoms with Crippen molar-refractivity contribution in [2.75, 3.05) is 0 Å². The number of carbonyl (C=O) groups excluding carboxylic acids is 1. The summed E-state index contributed by atoms with van der Waals surface area (Å²) in [7, 11) is 0. The molecule has 0 saturated carbocycles. The Morgan fingerprint density at radius 1 is 0.960 bits per heavy atom. The van der Waals surface area contributed by atoms with Gasteiger partial charge in [0.25, 0.3) is 5.91 Å². The molecule has 0 aliphatic rings. The van der Waals surface area contributed by atoms with Crippen molar-refractivity contribution in [3.05, 3.63) is 71.6 Å². The van der Waals surface area contributed by atoms with Gasteiger partial charge in [-0.2, -0.15) is 0 Å². The molecular formula is C22H28N2O. The van der Waals surface area contributed by atoms with E-state index in [-0.39, 0.29) is 23.9 Å². The van der Waals surface area contributed by atoms with Gasteiger partial charge in [0.2, 0.25) is 0 Å². The third kappa shape index (κ3) is 5.02. The predicted octanol–water partition coefficient (Wildman–Crippen LogP) is 5.16. The Kier molecular flexibility index (Phi) is 6.51. The summed E-state index contributed by atoms with van der Waals surface area (Å²) in [6.45, 7) is 10.3. The van der Waals surface area contributed by atoms with Gasteiger partial charge >= 0.3 is 0 Å². The number of allylic oxidation sites excluding steroid dienone is 1. The van der Waals surface area contributed by atoms with Gasteiger partial charge in [0, 0.05) is 29.9 Å². The first-order chi connectivity index (χ1) is 11.9. The van der Waals surface area contributed by atoms with Crippen LogP contribution in [0.25, 0.3) is 6.08 Å². The Hall–Kier alpha value is -2.42. The van der Waals surface area contributed by atoms with Crippen molar-refractivity contribution in [2.24, 2.45) is 0 Å². The van der Waals surface area contributed by atoms with E-state index < -0.39 is 0 Å². The van der Waals surface area contributed by atoms with Gasteiger partial charge in [-0.1, -0.05) is 49.4 Å². The van der Waals surface area contributed by atoms with Crippen LogP contribution < -0.4 is 0 Å². The maximum absolute atomic E-state index is 12.7. The molecule has 0 aliphatic heterocycles. The molecule has 0 N–H and O–H groups in total. The van der Waals surface area contributed by atoms with E-state index >= 15 is 0 Å². The molecule has 0 aliphatic carbocycles. The molecule has 0 radical (unpaired) electrons. The SMILES string of the molecule is CC(C)N(C(=O)c1ccc([C@H](C)/C=C/c2ccccc2)nc1)C(C)C. The van der Waals surface area contributed by atoms with Crippen LogP contribution in [0.15, 0.2) is 54.7 Å². The highest BCUT2D eigenvalue weighted by Gasteiger charge is 2.21. The van der Waals surface area contributed by atoms with Crippen molar-refractivity contribution >= 4 is 12.0 Å². The van der Waals surface area contributed by atoms with Crippen molar-refractivity contribution in [2.45, 2.75) is 52.6 Å². The van der Waals surface area contributed by atoms with Crippen molar-refractivity contribution in [1.29, 1.82) is 0 Å². The Balaban J connectivity index is 2.11. The van der Waals surface area contributed by atoms with E-state index in [4.69, 9.17) is 0 Å². The monoisotopic (exact) mass is 336 g/mol. The average Bonchev–Trinajstić information content (AvgIpc) is 2.60. The minimum Gasteiger partial charge on any atom is -0.334 e. The van der Waals surface area contributed by atoms with Crippen LogP contribution in [0.1, 0.15) is 62.2 Å². The van der Waals surface area contributed by atoms with Crippen LogP contribution in [0, 0.1) is 0 Å². The third-order valence-corrected chi connectivity index (χ3v) is 4.22. The summed E-state index contributed by atoms with van der Waals surface area (Å²) in [6, 6.07) is 14.4. The molecule has 0 spiro atoms. The fraction of sp³-hybridized carbons (Fsp3) is 0.364. The van der Waals surface area contributed by atoms with E-state index in [0.29, 0.717) is 5.56 Å². The molecule has 1 amide bonds. The van der Waals surface area contributed by atoms with Crippen LogP contribution in [0.2, 0.25) is 0 Å². The molecular weight excluding hydrogens is 308 g/mol. The minimum absolute atomic E-state index is 0.0385. The second-order valence-corrected chi connectivity index (χ2v) is 6.93. The normalized spacial score (nSPS) is 12.8. The zero-order chi connectivity index (χ0) is 18.4. The van der Waals surface area contributed by atoms with Gasteiger partial charge in [-0.25, -0.2) is 0 Å². The molecule has 132 valence electrons. The molecule has 1 heterocycles. The molecule has 0 fully saturated rings. The number of pyridine rings is 1. The number of aromatic nitrogens is 1. The quantitative estimate of drug-likeness (QED) is 0.730. The molecule has 0 saturated heterocycles. The van der Waals surface area contributed by atoms with Crippen molar-refractivity contribution in [3.8, 4) is 0 Å². The van der Waals surface area contributed by atoms with Crippen LogP contribution in [0.4, 0.5) is 0 Å². The zero-order valence-electron chi connectivity index (χ0n) is 15.8. The molecule has 1 aromatic heterocycles. The number of hydrogen-bond acceptors (Lipinski definition) is 2. The third-order valence-electron chi connectivity index (χ3n) is 4.22. The van der Waals surface area contributed by atoms with Crippen LogP contribution in [-0.4, -0.2) is 27.9 Å². The first-order valence-corrected chi connectivity index (χ1v) is 8.92. The number of amides is 1. The molecule has 25 heavy (non-hydrogen) atoms. The van der Waals surface area contributed by atoms with Crippen LogP contribution in [0.3, 0.4) is 0 Å². The van der Waals surface area contributed by atoms with Gasteiger partial charge in [0.15, 0.2) is 0 Å². The summed E-state index contributed by atoms with van der Waals surface area (Å²) in [5.74, 6) is 0.229. The van der Waals surface area contributed by atoms with Gasteiger partial charge in [0.1, 0.15) is 0 Å². The topological polar surface area (TPSA) is 33.2 Å². The Morgan fingerprint density at radius 2 is 1.60 bits per heavy atom. The first kappa shape index (κ1) is 18.9. The van der Waals surface area contributed by atoms with Gasteiger partial charge in [0.05, 0.1) is 5.56 Å². The highest BCUT2D eigenvalue weighted by Crippen LogP contribution is 2.18. The summed E-state index contributed by atoms with van der Waals surface area (Å²) < 4.78 is 0. The Bertz CT molecular complexity index is 695. The van der Waals surface area contributed by atoms with Gasteiger partial charge < -0.3 is 4.90 Å². The second kappa shape index (κ2) is 8.61. The maximum atomic E-state index is 12.7. The van der Waals surface area contributed by atoms with E-state index in [1.807, 2.05) is 62.9 Å². The molecule has 1 atom stereocenters. The maximum Gasteiger partial charge on any atom is 0.255 e. The average molecular weight is 336 g/mol. The van der Waals surface area contributed by atoms with Crippen molar-refractivity contribution in [3.63, 3.8) is 0 Å². The first-order valence-electron chi connectivity index (χ1n) is 8.92. The van der Waals surface area contributed by atoms with E-state index in [1.54, 1.807) is 6.20 Å². The van der Waals surface area contributed by atoms with E-state index in [9.17, 15) is 4.79 Å². The number of carbonyl (C=O) groups is 1. The molecule has 2 rings (SSSR count). The predicted molar refractivity (Wildman–Crippen MR) is 105 cm³/mol. The molecule has 2 aromatic rings. The summed E-state index contributed by atoms with van der Waals surface area (Å²) in [4.78, 5) is 19.1. The molecule has 3 nitrogen and oxygen atoms in total.